The van der Waals surface area contributed by atoms with Gasteiger partial charge in [0, 0.05) is 23.3 Å². The van der Waals surface area contributed by atoms with Gasteiger partial charge in [-0.1, -0.05) is 25.1 Å². The van der Waals surface area contributed by atoms with E-state index < -0.39 is 6.10 Å². The van der Waals surface area contributed by atoms with E-state index in [2.05, 4.69) is 4.98 Å². The van der Waals surface area contributed by atoms with Gasteiger partial charge in [0.05, 0.1) is 6.54 Å². The van der Waals surface area contributed by atoms with E-state index in [9.17, 15) is 5.11 Å². The Morgan fingerprint density at radius 1 is 1.40 bits per heavy atom. The van der Waals surface area contributed by atoms with Crippen molar-refractivity contribution in [1.82, 2.24) is 9.55 Å². The second-order valence-electron chi connectivity index (χ2n) is 4.69. The van der Waals surface area contributed by atoms with E-state index in [-0.39, 0.29) is 0 Å². The Hall–Kier alpha value is -1.78. The maximum Gasteiger partial charge on any atom is 0.199 e. The highest BCUT2D eigenvalue weighted by molar-refractivity contribution is 6.30. The molecule has 0 aliphatic heterocycles. The molecule has 1 unspecified atom stereocenters. The van der Waals surface area contributed by atoms with Crippen LogP contribution in [0.15, 0.2) is 41.1 Å². The highest BCUT2D eigenvalue weighted by Gasteiger charge is 2.16. The Kier molecular flexibility index (Phi) is 3.51. The topological polar surface area (TPSA) is 51.2 Å². The van der Waals surface area contributed by atoms with Gasteiger partial charge in [0.25, 0.3) is 0 Å². The van der Waals surface area contributed by atoms with Crippen LogP contribution in [-0.2, 0) is 6.54 Å². The number of furan rings is 1. The molecule has 0 spiro atoms. The number of aliphatic hydroxyl groups is 1. The van der Waals surface area contributed by atoms with Crippen LogP contribution in [0.4, 0.5) is 0 Å². The van der Waals surface area contributed by atoms with E-state index in [4.69, 9.17) is 16.0 Å². The van der Waals surface area contributed by atoms with Gasteiger partial charge in [-0.15, -0.1) is 0 Å². The zero-order valence-electron chi connectivity index (χ0n) is 11.1. The Morgan fingerprint density at radius 2 is 2.20 bits per heavy atom. The number of nitrogens with zero attached hydrogens (tertiary/aromatic N) is 2. The fourth-order valence-electron chi connectivity index (χ4n) is 2.32. The minimum atomic E-state index is -0.568. The molecule has 2 aromatic heterocycles. The maximum absolute atomic E-state index is 9.97. The summed E-state index contributed by atoms with van der Waals surface area (Å²) in [4.78, 5) is 4.22. The van der Waals surface area contributed by atoms with Gasteiger partial charge in [-0.3, -0.25) is 0 Å². The summed E-state index contributed by atoms with van der Waals surface area (Å²) in [6.45, 7) is 2.45. The SMILES string of the molecule is CCC(O)c1nccn1Cc1c(Cl)oc2ccccc12. The Labute approximate surface area is 121 Å². The molecule has 0 saturated heterocycles. The Morgan fingerprint density at radius 3 is 3.00 bits per heavy atom. The van der Waals surface area contributed by atoms with Crippen molar-refractivity contribution in [1.29, 1.82) is 0 Å². The first kappa shape index (κ1) is 13.2. The van der Waals surface area contributed by atoms with Crippen LogP contribution in [0.25, 0.3) is 11.0 Å². The zero-order valence-corrected chi connectivity index (χ0v) is 11.8. The number of para-hydroxylation sites is 1. The number of hydrogen-bond donors (Lipinski definition) is 1. The number of fused-ring (bicyclic) bond motifs is 1. The predicted molar refractivity (Wildman–Crippen MR) is 77.8 cm³/mol. The van der Waals surface area contributed by atoms with E-state index in [1.54, 1.807) is 6.20 Å². The summed E-state index contributed by atoms with van der Waals surface area (Å²) in [6.07, 6.45) is 3.58. The zero-order chi connectivity index (χ0) is 14.1. The number of hydrogen-bond acceptors (Lipinski definition) is 3. The lowest BCUT2D eigenvalue weighted by molar-refractivity contribution is 0.159. The molecule has 1 aromatic carbocycles. The normalized spacial score (nSPS) is 12.9. The van der Waals surface area contributed by atoms with Crippen molar-refractivity contribution in [2.24, 2.45) is 0 Å². The predicted octanol–water partition coefficient (Wildman–Crippen LogP) is 3.77. The summed E-state index contributed by atoms with van der Waals surface area (Å²) in [7, 11) is 0. The molecule has 0 saturated carbocycles. The molecule has 2 heterocycles. The van der Waals surface area contributed by atoms with E-state index >= 15 is 0 Å². The molecule has 1 N–H and O–H groups in total. The lowest BCUT2D eigenvalue weighted by Crippen LogP contribution is -2.08. The largest absolute Gasteiger partial charge is 0.444 e. The van der Waals surface area contributed by atoms with Crippen molar-refractivity contribution in [3.05, 3.63) is 53.3 Å². The average Bonchev–Trinajstić information content (AvgIpc) is 3.04. The number of rotatable bonds is 4. The molecule has 0 radical (unpaired) electrons. The van der Waals surface area contributed by atoms with Crippen molar-refractivity contribution in [2.75, 3.05) is 0 Å². The van der Waals surface area contributed by atoms with E-state index in [0.29, 0.717) is 24.0 Å². The average molecular weight is 291 g/mol. The third kappa shape index (κ3) is 2.21. The number of aliphatic hydroxyl groups excluding tert-OH is 1. The molecule has 0 bridgehead atoms. The summed E-state index contributed by atoms with van der Waals surface area (Å²) in [5, 5.41) is 11.3. The van der Waals surface area contributed by atoms with Crippen molar-refractivity contribution >= 4 is 22.6 Å². The van der Waals surface area contributed by atoms with Crippen LogP contribution in [0.1, 0.15) is 30.8 Å². The number of imidazole rings is 1. The van der Waals surface area contributed by atoms with Crippen molar-refractivity contribution in [3.8, 4) is 0 Å². The highest BCUT2D eigenvalue weighted by Crippen LogP contribution is 2.30. The van der Waals surface area contributed by atoms with Crippen LogP contribution in [0, 0.1) is 0 Å². The third-order valence-electron chi connectivity index (χ3n) is 3.41. The molecule has 0 aliphatic carbocycles. The molecular weight excluding hydrogens is 276 g/mol. The lowest BCUT2D eigenvalue weighted by atomic mass is 10.1. The first-order valence-corrected chi connectivity index (χ1v) is 6.93. The first-order chi connectivity index (χ1) is 9.70. The maximum atomic E-state index is 9.97. The highest BCUT2D eigenvalue weighted by atomic mass is 35.5. The monoisotopic (exact) mass is 290 g/mol. The van der Waals surface area contributed by atoms with Crippen LogP contribution in [0.5, 0.6) is 0 Å². The summed E-state index contributed by atoms with van der Waals surface area (Å²) in [6, 6.07) is 7.73. The van der Waals surface area contributed by atoms with E-state index in [1.165, 1.54) is 0 Å². The van der Waals surface area contributed by atoms with Crippen LogP contribution in [0.3, 0.4) is 0 Å². The second kappa shape index (κ2) is 5.31. The number of halogens is 1. The molecule has 3 aromatic rings. The minimum Gasteiger partial charge on any atom is -0.444 e. The van der Waals surface area contributed by atoms with Gasteiger partial charge < -0.3 is 14.1 Å². The number of benzene rings is 1. The first-order valence-electron chi connectivity index (χ1n) is 6.55. The Bertz CT molecular complexity index is 732. The molecule has 1 atom stereocenters. The van der Waals surface area contributed by atoms with Gasteiger partial charge in [-0.25, -0.2) is 4.98 Å². The molecule has 0 amide bonds. The van der Waals surface area contributed by atoms with Crippen molar-refractivity contribution < 1.29 is 9.52 Å². The smallest absolute Gasteiger partial charge is 0.199 e. The van der Waals surface area contributed by atoms with Crippen molar-refractivity contribution in [2.45, 2.75) is 26.0 Å². The quantitative estimate of drug-likeness (QED) is 0.795. The van der Waals surface area contributed by atoms with Crippen LogP contribution in [-0.4, -0.2) is 14.7 Å². The fraction of sp³-hybridized carbons (Fsp3) is 0.267. The molecular formula is C15H15ClN2O2. The molecule has 20 heavy (non-hydrogen) atoms. The van der Waals surface area contributed by atoms with Gasteiger partial charge in [-0.2, -0.15) is 0 Å². The molecule has 0 aliphatic rings. The van der Waals surface area contributed by atoms with E-state index in [0.717, 1.165) is 16.5 Å². The van der Waals surface area contributed by atoms with Crippen LogP contribution >= 0.6 is 11.6 Å². The van der Waals surface area contributed by atoms with E-state index in [1.807, 2.05) is 42.0 Å². The Balaban J connectivity index is 2.02. The van der Waals surface area contributed by atoms with Crippen LogP contribution < -0.4 is 0 Å². The molecule has 5 heteroatoms. The molecule has 3 rings (SSSR count). The lowest BCUT2D eigenvalue weighted by Gasteiger charge is -2.11. The summed E-state index contributed by atoms with van der Waals surface area (Å²) in [5.41, 5.74) is 1.68. The summed E-state index contributed by atoms with van der Waals surface area (Å²) >= 11 is 6.19. The van der Waals surface area contributed by atoms with Crippen molar-refractivity contribution in [3.63, 3.8) is 0 Å². The van der Waals surface area contributed by atoms with Gasteiger partial charge in [0.1, 0.15) is 17.5 Å². The minimum absolute atomic E-state index is 0.386. The van der Waals surface area contributed by atoms with Gasteiger partial charge in [-0.05, 0) is 24.1 Å². The van der Waals surface area contributed by atoms with Gasteiger partial charge in [0.15, 0.2) is 5.22 Å². The second-order valence-corrected chi connectivity index (χ2v) is 5.03. The summed E-state index contributed by atoms with van der Waals surface area (Å²) in [5.74, 6) is 0.647. The molecule has 0 fully saturated rings. The third-order valence-corrected chi connectivity index (χ3v) is 3.72. The standard InChI is InChI=1S/C15H15ClN2O2/c1-2-12(19)15-17-7-8-18(15)9-11-10-5-3-4-6-13(10)20-14(11)16/h3-8,12,19H,2,9H2,1H3. The number of aromatic nitrogens is 2. The molecule has 104 valence electrons. The van der Waals surface area contributed by atoms with Gasteiger partial charge in [0.2, 0.25) is 0 Å². The summed E-state index contributed by atoms with van der Waals surface area (Å²) < 4.78 is 7.44. The van der Waals surface area contributed by atoms with Crippen LogP contribution in [0.2, 0.25) is 5.22 Å². The van der Waals surface area contributed by atoms with Gasteiger partial charge >= 0.3 is 0 Å². The fourth-order valence-corrected chi connectivity index (χ4v) is 2.57. The molecule has 4 nitrogen and oxygen atoms in total.